The van der Waals surface area contributed by atoms with Crippen molar-refractivity contribution in [3.63, 3.8) is 0 Å². The molecule has 1 heterocycles. The van der Waals surface area contributed by atoms with Gasteiger partial charge in [0, 0.05) is 19.0 Å². The van der Waals surface area contributed by atoms with Crippen molar-refractivity contribution in [2.24, 2.45) is 0 Å². The molecule has 0 unspecified atom stereocenters. The molecule has 0 saturated carbocycles. The number of hydrogen-bond acceptors (Lipinski definition) is 3. The first-order valence-electron chi connectivity index (χ1n) is 3.76. The van der Waals surface area contributed by atoms with E-state index >= 15 is 0 Å². The predicted octanol–water partition coefficient (Wildman–Crippen LogP) is 2.22. The minimum Gasteiger partial charge on any atom is -0.294 e. The zero-order valence-electron chi connectivity index (χ0n) is 6.83. The minimum atomic E-state index is -0.139. The van der Waals surface area contributed by atoms with Gasteiger partial charge in [0.25, 0.3) is 0 Å². The summed E-state index contributed by atoms with van der Waals surface area (Å²) in [6, 6.07) is 5.15. The number of pyridine rings is 1. The Morgan fingerprint density at radius 3 is 3.08 bits per heavy atom. The molecule has 3 nitrogen and oxygen atoms in total. The van der Waals surface area contributed by atoms with Gasteiger partial charge in [-0.25, -0.2) is 4.98 Å². The molecule has 0 atom stereocenters. The maximum Gasteiger partial charge on any atom is 0.166 e. The van der Waals surface area contributed by atoms with Gasteiger partial charge >= 0.3 is 0 Å². The van der Waals surface area contributed by atoms with Gasteiger partial charge in [0.05, 0.1) is 11.6 Å². The normalized spacial score (nSPS) is 9.23. The number of hydrogen-bond donors (Lipinski definition) is 0. The molecule has 0 aliphatic rings. The third kappa shape index (κ3) is 2.53. The summed E-state index contributed by atoms with van der Waals surface area (Å²) in [7, 11) is 0. The second-order valence-corrected chi connectivity index (χ2v) is 2.78. The number of nitrogens with zero attached hydrogens (tertiary/aromatic N) is 2. The van der Waals surface area contributed by atoms with E-state index in [1.807, 2.05) is 6.07 Å². The molecule has 0 radical (unpaired) electrons. The SMILES string of the molecule is N#CCCC(=O)c1cccnc1Cl. The van der Waals surface area contributed by atoms with Crippen LogP contribution in [0.4, 0.5) is 0 Å². The highest BCUT2D eigenvalue weighted by Crippen LogP contribution is 2.14. The summed E-state index contributed by atoms with van der Waals surface area (Å²) in [6.45, 7) is 0. The summed E-state index contributed by atoms with van der Waals surface area (Å²) < 4.78 is 0. The molecule has 4 heteroatoms. The lowest BCUT2D eigenvalue weighted by Gasteiger charge is -1.98. The van der Waals surface area contributed by atoms with Crippen LogP contribution in [0.2, 0.25) is 5.15 Å². The highest BCUT2D eigenvalue weighted by molar-refractivity contribution is 6.32. The lowest BCUT2D eigenvalue weighted by Crippen LogP contribution is -2.00. The average molecular weight is 195 g/mol. The number of carbonyl (C=O) groups excluding carboxylic acids is 1. The number of aromatic nitrogens is 1. The molecule has 1 rings (SSSR count). The molecule has 0 aliphatic carbocycles. The number of halogens is 1. The van der Waals surface area contributed by atoms with Crippen molar-refractivity contribution < 1.29 is 4.79 Å². The van der Waals surface area contributed by atoms with Gasteiger partial charge in [-0.3, -0.25) is 4.79 Å². The quantitative estimate of drug-likeness (QED) is 0.548. The van der Waals surface area contributed by atoms with Crippen LogP contribution in [0.15, 0.2) is 18.3 Å². The summed E-state index contributed by atoms with van der Waals surface area (Å²) in [5.74, 6) is -0.139. The van der Waals surface area contributed by atoms with Crippen LogP contribution in [-0.4, -0.2) is 10.8 Å². The van der Waals surface area contributed by atoms with Crippen molar-refractivity contribution in [3.05, 3.63) is 29.0 Å². The minimum absolute atomic E-state index is 0.139. The Balaban J connectivity index is 2.78. The molecule has 13 heavy (non-hydrogen) atoms. The summed E-state index contributed by atoms with van der Waals surface area (Å²) >= 11 is 5.68. The molecule has 0 aromatic carbocycles. The fourth-order valence-electron chi connectivity index (χ4n) is 0.898. The summed E-state index contributed by atoms with van der Waals surface area (Å²) in [4.78, 5) is 15.1. The van der Waals surface area contributed by atoms with E-state index in [4.69, 9.17) is 16.9 Å². The second-order valence-electron chi connectivity index (χ2n) is 2.42. The second kappa shape index (κ2) is 4.58. The highest BCUT2D eigenvalue weighted by Gasteiger charge is 2.09. The molecule has 66 valence electrons. The van der Waals surface area contributed by atoms with Crippen molar-refractivity contribution in [2.45, 2.75) is 12.8 Å². The van der Waals surface area contributed by atoms with Crippen molar-refractivity contribution in [2.75, 3.05) is 0 Å². The fourth-order valence-corrected chi connectivity index (χ4v) is 1.12. The van der Waals surface area contributed by atoms with E-state index in [1.165, 1.54) is 6.20 Å². The Morgan fingerprint density at radius 1 is 1.69 bits per heavy atom. The zero-order chi connectivity index (χ0) is 9.68. The monoisotopic (exact) mass is 194 g/mol. The first kappa shape index (κ1) is 9.69. The van der Waals surface area contributed by atoms with Gasteiger partial charge in [-0.2, -0.15) is 5.26 Å². The molecule has 0 saturated heterocycles. The van der Waals surface area contributed by atoms with Gasteiger partial charge in [0.15, 0.2) is 5.78 Å². The molecule has 0 bridgehead atoms. The van der Waals surface area contributed by atoms with E-state index in [0.717, 1.165) is 0 Å². The van der Waals surface area contributed by atoms with Gasteiger partial charge in [-0.05, 0) is 12.1 Å². The van der Waals surface area contributed by atoms with E-state index in [0.29, 0.717) is 5.56 Å². The van der Waals surface area contributed by atoms with Gasteiger partial charge in [-0.15, -0.1) is 0 Å². The first-order valence-corrected chi connectivity index (χ1v) is 4.14. The zero-order valence-corrected chi connectivity index (χ0v) is 7.58. The van der Waals surface area contributed by atoms with Crippen LogP contribution in [0, 0.1) is 11.3 Å². The maximum absolute atomic E-state index is 11.3. The molecule has 1 aromatic rings. The third-order valence-corrected chi connectivity index (χ3v) is 1.82. The number of ketones is 1. The van der Waals surface area contributed by atoms with Crippen molar-refractivity contribution in [1.82, 2.24) is 4.98 Å². The van der Waals surface area contributed by atoms with Gasteiger partial charge in [0.2, 0.25) is 0 Å². The van der Waals surface area contributed by atoms with Crippen LogP contribution in [0.1, 0.15) is 23.2 Å². The first-order chi connectivity index (χ1) is 6.25. The van der Waals surface area contributed by atoms with E-state index in [9.17, 15) is 4.79 Å². The van der Waals surface area contributed by atoms with Gasteiger partial charge in [0.1, 0.15) is 5.15 Å². The lowest BCUT2D eigenvalue weighted by molar-refractivity contribution is 0.0984. The molecule has 0 spiro atoms. The average Bonchev–Trinajstić information content (AvgIpc) is 2.15. The standard InChI is InChI=1S/C9H7ClN2O/c10-9-7(3-2-6-12-9)8(13)4-1-5-11/h2-3,6H,1,4H2. The summed E-state index contributed by atoms with van der Waals surface area (Å²) in [5.41, 5.74) is 0.388. The van der Waals surface area contributed by atoms with Gasteiger partial charge in [-0.1, -0.05) is 11.6 Å². The van der Waals surface area contributed by atoms with Crippen molar-refractivity contribution in [1.29, 1.82) is 5.26 Å². The number of carbonyl (C=O) groups is 1. The molecular formula is C9H7ClN2O. The van der Waals surface area contributed by atoms with Crippen LogP contribution in [0.25, 0.3) is 0 Å². The molecule has 1 aromatic heterocycles. The van der Waals surface area contributed by atoms with Crippen LogP contribution >= 0.6 is 11.6 Å². The Bertz CT molecular complexity index is 357. The smallest absolute Gasteiger partial charge is 0.166 e. The Hall–Kier alpha value is -1.40. The topological polar surface area (TPSA) is 53.8 Å². The summed E-state index contributed by atoms with van der Waals surface area (Å²) in [5, 5.41) is 8.48. The Morgan fingerprint density at radius 2 is 2.46 bits per heavy atom. The Labute approximate surface area is 81.0 Å². The van der Waals surface area contributed by atoms with E-state index in [2.05, 4.69) is 4.98 Å². The number of nitriles is 1. The van der Waals surface area contributed by atoms with E-state index in [1.54, 1.807) is 12.1 Å². The largest absolute Gasteiger partial charge is 0.294 e. The van der Waals surface area contributed by atoms with Gasteiger partial charge < -0.3 is 0 Å². The molecule has 0 fully saturated rings. The highest BCUT2D eigenvalue weighted by atomic mass is 35.5. The fraction of sp³-hybridized carbons (Fsp3) is 0.222. The molecule has 0 amide bonds. The Kier molecular flexibility index (Phi) is 3.41. The molecule has 0 aliphatic heterocycles. The van der Waals surface area contributed by atoms with Crippen molar-refractivity contribution >= 4 is 17.4 Å². The lowest BCUT2D eigenvalue weighted by atomic mass is 10.1. The summed E-state index contributed by atoms with van der Waals surface area (Å²) in [6.07, 6.45) is 1.93. The predicted molar refractivity (Wildman–Crippen MR) is 48.4 cm³/mol. The molecule has 0 N–H and O–H groups in total. The van der Waals surface area contributed by atoms with Crippen LogP contribution in [0.5, 0.6) is 0 Å². The third-order valence-electron chi connectivity index (χ3n) is 1.52. The van der Waals surface area contributed by atoms with E-state index < -0.39 is 0 Å². The van der Waals surface area contributed by atoms with Crippen LogP contribution in [0.3, 0.4) is 0 Å². The van der Waals surface area contributed by atoms with Crippen LogP contribution in [-0.2, 0) is 0 Å². The molecular weight excluding hydrogens is 188 g/mol. The van der Waals surface area contributed by atoms with Crippen LogP contribution < -0.4 is 0 Å². The number of Topliss-reactive ketones (excluding diaryl/α,β-unsaturated/α-hetero) is 1. The maximum atomic E-state index is 11.3. The van der Waals surface area contributed by atoms with E-state index in [-0.39, 0.29) is 23.8 Å². The number of rotatable bonds is 3. The van der Waals surface area contributed by atoms with Crippen molar-refractivity contribution in [3.8, 4) is 6.07 Å².